The van der Waals surface area contributed by atoms with Crippen LogP contribution in [0.15, 0.2) is 17.3 Å². The van der Waals surface area contributed by atoms with Crippen molar-refractivity contribution >= 4 is 0 Å². The zero-order valence-corrected chi connectivity index (χ0v) is 9.35. The van der Waals surface area contributed by atoms with Crippen molar-refractivity contribution in [3.63, 3.8) is 0 Å². The number of aromatic nitrogens is 2. The first kappa shape index (κ1) is 11.3. The van der Waals surface area contributed by atoms with Crippen LogP contribution < -0.4 is 16.6 Å². The third-order valence-corrected chi connectivity index (χ3v) is 3.07. The topological polar surface area (TPSA) is 72.9 Å². The highest BCUT2D eigenvalue weighted by atomic mass is 16.1. The van der Waals surface area contributed by atoms with Crippen molar-refractivity contribution in [2.45, 2.75) is 25.9 Å². The van der Waals surface area contributed by atoms with Gasteiger partial charge in [0.05, 0.1) is 6.33 Å². The second-order valence-electron chi connectivity index (χ2n) is 4.30. The van der Waals surface area contributed by atoms with Gasteiger partial charge >= 0.3 is 0 Å². The Bertz CT molecular complexity index is 395. The number of piperidine rings is 1. The fourth-order valence-corrected chi connectivity index (χ4v) is 2.10. The Morgan fingerprint density at radius 1 is 1.50 bits per heavy atom. The summed E-state index contributed by atoms with van der Waals surface area (Å²) in [5.74, 6) is 0.677. The second kappa shape index (κ2) is 5.23. The summed E-state index contributed by atoms with van der Waals surface area (Å²) in [6.07, 6.45) is 5.81. The summed E-state index contributed by atoms with van der Waals surface area (Å²) >= 11 is 0. The molecule has 0 aliphatic carbocycles. The number of nitrogens with zero attached hydrogens (tertiary/aromatic N) is 2. The molecule has 1 aromatic heterocycles. The lowest BCUT2D eigenvalue weighted by atomic mass is 9.98. The second-order valence-corrected chi connectivity index (χ2v) is 4.30. The van der Waals surface area contributed by atoms with Crippen LogP contribution in [0.5, 0.6) is 0 Å². The molecule has 2 rings (SSSR count). The van der Waals surface area contributed by atoms with Gasteiger partial charge in [-0.25, -0.2) is 0 Å². The average Bonchev–Trinajstić information content (AvgIpc) is 2.33. The molecule has 1 aliphatic rings. The van der Waals surface area contributed by atoms with E-state index >= 15 is 0 Å². The Balaban J connectivity index is 2.06. The maximum absolute atomic E-state index is 11.3. The summed E-state index contributed by atoms with van der Waals surface area (Å²) in [5, 5.41) is 3.34. The van der Waals surface area contributed by atoms with Crippen molar-refractivity contribution in [1.29, 1.82) is 0 Å². The smallest absolute Gasteiger partial charge is 0.277 e. The lowest BCUT2D eigenvalue weighted by molar-refractivity contribution is 0.331. The zero-order chi connectivity index (χ0) is 11.4. The van der Waals surface area contributed by atoms with E-state index < -0.39 is 0 Å². The fraction of sp³-hybridized carbons (Fsp3) is 0.636. The molecule has 0 amide bonds. The molecule has 16 heavy (non-hydrogen) atoms. The first-order valence-corrected chi connectivity index (χ1v) is 5.75. The molecule has 0 atom stereocenters. The fourth-order valence-electron chi connectivity index (χ4n) is 2.10. The molecule has 3 N–H and O–H groups in total. The van der Waals surface area contributed by atoms with Crippen molar-refractivity contribution in [2.24, 2.45) is 11.7 Å². The molecule has 0 bridgehead atoms. The van der Waals surface area contributed by atoms with Crippen molar-refractivity contribution in [3.05, 3.63) is 28.4 Å². The number of rotatable bonds is 3. The van der Waals surface area contributed by atoms with Gasteiger partial charge in [0.1, 0.15) is 0 Å². The van der Waals surface area contributed by atoms with Gasteiger partial charge in [0.15, 0.2) is 0 Å². The Morgan fingerprint density at radius 2 is 2.25 bits per heavy atom. The van der Waals surface area contributed by atoms with Crippen LogP contribution in [0.4, 0.5) is 0 Å². The van der Waals surface area contributed by atoms with Gasteiger partial charge < -0.3 is 15.6 Å². The summed E-state index contributed by atoms with van der Waals surface area (Å²) in [6, 6.07) is 0. The van der Waals surface area contributed by atoms with Gasteiger partial charge in [0.2, 0.25) is 0 Å². The van der Waals surface area contributed by atoms with Crippen molar-refractivity contribution in [3.8, 4) is 0 Å². The van der Waals surface area contributed by atoms with E-state index in [-0.39, 0.29) is 12.1 Å². The predicted molar refractivity (Wildman–Crippen MR) is 62.0 cm³/mol. The van der Waals surface area contributed by atoms with Gasteiger partial charge in [0, 0.05) is 24.8 Å². The molecule has 0 radical (unpaired) electrons. The lowest BCUT2D eigenvalue weighted by Crippen LogP contribution is -2.30. The molecule has 0 unspecified atom stereocenters. The molecule has 88 valence electrons. The minimum Gasteiger partial charge on any atom is -0.338 e. The van der Waals surface area contributed by atoms with E-state index in [4.69, 9.17) is 5.73 Å². The first-order chi connectivity index (χ1) is 7.79. The molecule has 5 nitrogen and oxygen atoms in total. The molecule has 1 aliphatic heterocycles. The SMILES string of the molecule is NCc1cn(CC2CCNCC2)cnc1=O. The van der Waals surface area contributed by atoms with Crippen LogP contribution in [-0.2, 0) is 13.1 Å². The molecule has 5 heteroatoms. The third kappa shape index (κ3) is 2.68. The molecular weight excluding hydrogens is 204 g/mol. The quantitative estimate of drug-likeness (QED) is 0.736. The van der Waals surface area contributed by atoms with Crippen LogP contribution in [0.1, 0.15) is 18.4 Å². The molecule has 0 saturated carbocycles. The minimum atomic E-state index is -0.205. The van der Waals surface area contributed by atoms with E-state index in [2.05, 4.69) is 10.3 Å². The minimum absolute atomic E-state index is 0.205. The van der Waals surface area contributed by atoms with Gasteiger partial charge in [-0.2, -0.15) is 4.98 Å². The van der Waals surface area contributed by atoms with Crippen LogP contribution in [0.25, 0.3) is 0 Å². The highest BCUT2D eigenvalue weighted by Gasteiger charge is 2.13. The number of hydrogen-bond donors (Lipinski definition) is 2. The van der Waals surface area contributed by atoms with Crippen LogP contribution in [0.3, 0.4) is 0 Å². The standard InChI is InChI=1S/C11H18N4O/c12-5-10-7-15(8-14-11(10)16)6-9-1-3-13-4-2-9/h7-9,13H,1-6,12H2. The summed E-state index contributed by atoms with van der Waals surface area (Å²) in [5.41, 5.74) is 5.88. The third-order valence-electron chi connectivity index (χ3n) is 3.07. The normalized spacial score (nSPS) is 17.6. The first-order valence-electron chi connectivity index (χ1n) is 5.75. The molecule has 2 heterocycles. The van der Waals surface area contributed by atoms with Crippen molar-refractivity contribution in [2.75, 3.05) is 13.1 Å². The van der Waals surface area contributed by atoms with E-state index in [1.807, 2.05) is 10.8 Å². The zero-order valence-electron chi connectivity index (χ0n) is 9.35. The van der Waals surface area contributed by atoms with Crippen LogP contribution in [-0.4, -0.2) is 22.6 Å². The molecule has 0 spiro atoms. The van der Waals surface area contributed by atoms with Gasteiger partial charge in [0.25, 0.3) is 5.56 Å². The molecule has 1 aromatic rings. The van der Waals surface area contributed by atoms with Crippen molar-refractivity contribution in [1.82, 2.24) is 14.9 Å². The number of hydrogen-bond acceptors (Lipinski definition) is 4. The highest BCUT2D eigenvalue weighted by molar-refractivity contribution is 5.03. The highest BCUT2D eigenvalue weighted by Crippen LogP contribution is 2.13. The summed E-state index contributed by atoms with van der Waals surface area (Å²) in [4.78, 5) is 15.1. The van der Waals surface area contributed by atoms with Crippen molar-refractivity contribution < 1.29 is 0 Å². The lowest BCUT2D eigenvalue weighted by Gasteiger charge is -2.23. The summed E-state index contributed by atoms with van der Waals surface area (Å²) in [6.45, 7) is 3.37. The molecule has 1 fully saturated rings. The predicted octanol–water partition coefficient (Wildman–Crippen LogP) is -0.298. The number of nitrogens with one attached hydrogen (secondary N) is 1. The van der Waals surface area contributed by atoms with E-state index in [1.54, 1.807) is 6.33 Å². The van der Waals surface area contributed by atoms with E-state index in [9.17, 15) is 4.79 Å². The molecule has 0 aromatic carbocycles. The van der Waals surface area contributed by atoms with Gasteiger partial charge in [-0.1, -0.05) is 0 Å². The van der Waals surface area contributed by atoms with Gasteiger partial charge in [-0.3, -0.25) is 4.79 Å². The monoisotopic (exact) mass is 222 g/mol. The van der Waals surface area contributed by atoms with Gasteiger partial charge in [-0.15, -0.1) is 0 Å². The Kier molecular flexibility index (Phi) is 3.69. The van der Waals surface area contributed by atoms with Crippen LogP contribution in [0.2, 0.25) is 0 Å². The maximum atomic E-state index is 11.3. The Labute approximate surface area is 94.7 Å². The molecule has 1 saturated heterocycles. The van der Waals surface area contributed by atoms with Crippen LogP contribution in [0, 0.1) is 5.92 Å². The van der Waals surface area contributed by atoms with E-state index in [1.165, 1.54) is 12.8 Å². The van der Waals surface area contributed by atoms with E-state index in [0.717, 1.165) is 19.6 Å². The summed E-state index contributed by atoms with van der Waals surface area (Å²) in [7, 11) is 0. The number of nitrogens with two attached hydrogens (primary N) is 1. The Hall–Kier alpha value is -1.20. The summed E-state index contributed by atoms with van der Waals surface area (Å²) < 4.78 is 1.99. The van der Waals surface area contributed by atoms with Crippen LogP contribution >= 0.6 is 0 Å². The van der Waals surface area contributed by atoms with E-state index in [0.29, 0.717) is 11.5 Å². The maximum Gasteiger partial charge on any atom is 0.277 e. The Morgan fingerprint density at radius 3 is 2.94 bits per heavy atom. The van der Waals surface area contributed by atoms with Gasteiger partial charge in [-0.05, 0) is 31.8 Å². The average molecular weight is 222 g/mol. The largest absolute Gasteiger partial charge is 0.338 e. The molecular formula is C11H18N4O.